The quantitative estimate of drug-likeness (QED) is 0.633. The summed E-state index contributed by atoms with van der Waals surface area (Å²) in [5.41, 5.74) is 4.07. The van der Waals surface area contributed by atoms with Gasteiger partial charge in [-0.15, -0.1) is 0 Å². The van der Waals surface area contributed by atoms with Gasteiger partial charge in [-0.25, -0.2) is 9.97 Å². The zero-order valence-electron chi connectivity index (χ0n) is 15.2. The molecule has 27 heavy (non-hydrogen) atoms. The van der Waals surface area contributed by atoms with Gasteiger partial charge in [-0.1, -0.05) is 0 Å². The van der Waals surface area contributed by atoms with Crippen LogP contribution >= 0.6 is 11.3 Å². The second kappa shape index (κ2) is 9.03. The fourth-order valence-corrected chi connectivity index (χ4v) is 3.80. The third kappa shape index (κ3) is 4.68. The van der Waals surface area contributed by atoms with Crippen LogP contribution in [0, 0.1) is 0 Å². The SMILES string of the molecule is c1cncc(-c2nc(NCCCN3CCOCC3)ncc2-c2ccsc2)c1. The Balaban J connectivity index is 1.46. The summed E-state index contributed by atoms with van der Waals surface area (Å²) in [6, 6.07) is 6.07. The van der Waals surface area contributed by atoms with E-state index in [4.69, 9.17) is 9.72 Å². The van der Waals surface area contributed by atoms with Crippen molar-refractivity contribution in [2.75, 3.05) is 44.7 Å². The van der Waals surface area contributed by atoms with Crippen molar-refractivity contribution in [3.63, 3.8) is 0 Å². The first-order valence-electron chi connectivity index (χ1n) is 9.24. The average molecular weight is 382 g/mol. The fraction of sp³-hybridized carbons (Fsp3) is 0.350. The van der Waals surface area contributed by atoms with Crippen molar-refractivity contribution >= 4 is 17.3 Å². The summed E-state index contributed by atoms with van der Waals surface area (Å²) in [7, 11) is 0. The highest BCUT2D eigenvalue weighted by atomic mass is 32.1. The molecule has 0 aromatic carbocycles. The highest BCUT2D eigenvalue weighted by Crippen LogP contribution is 2.31. The van der Waals surface area contributed by atoms with E-state index in [1.54, 1.807) is 17.5 Å². The number of rotatable bonds is 7. The minimum absolute atomic E-state index is 0.662. The Morgan fingerprint density at radius 1 is 1.15 bits per heavy atom. The normalized spacial score (nSPS) is 15.0. The highest BCUT2D eigenvalue weighted by Gasteiger charge is 2.13. The first kappa shape index (κ1) is 18.0. The summed E-state index contributed by atoms with van der Waals surface area (Å²) < 4.78 is 5.39. The van der Waals surface area contributed by atoms with Crippen molar-refractivity contribution in [2.24, 2.45) is 0 Å². The van der Waals surface area contributed by atoms with Gasteiger partial charge in [0.25, 0.3) is 0 Å². The van der Waals surface area contributed by atoms with E-state index in [-0.39, 0.29) is 0 Å². The number of morpholine rings is 1. The summed E-state index contributed by atoms with van der Waals surface area (Å²) in [5, 5.41) is 7.56. The molecule has 4 heterocycles. The molecule has 3 aromatic heterocycles. The van der Waals surface area contributed by atoms with Crippen LogP contribution in [0.3, 0.4) is 0 Å². The number of hydrogen-bond donors (Lipinski definition) is 1. The molecule has 0 aliphatic carbocycles. The van der Waals surface area contributed by atoms with Gasteiger partial charge in [-0.3, -0.25) is 9.88 Å². The van der Waals surface area contributed by atoms with E-state index in [0.29, 0.717) is 5.95 Å². The maximum atomic E-state index is 5.39. The molecule has 4 rings (SSSR count). The molecule has 0 atom stereocenters. The van der Waals surface area contributed by atoms with Gasteiger partial charge in [-0.2, -0.15) is 11.3 Å². The topological polar surface area (TPSA) is 63.2 Å². The lowest BCUT2D eigenvalue weighted by Crippen LogP contribution is -2.37. The molecule has 0 bridgehead atoms. The first-order valence-corrected chi connectivity index (χ1v) is 10.2. The molecule has 0 amide bonds. The largest absolute Gasteiger partial charge is 0.379 e. The van der Waals surface area contributed by atoms with Gasteiger partial charge in [0.1, 0.15) is 0 Å². The van der Waals surface area contributed by atoms with Crippen molar-refractivity contribution < 1.29 is 4.74 Å². The molecule has 1 aliphatic heterocycles. The lowest BCUT2D eigenvalue weighted by atomic mass is 10.0. The average Bonchev–Trinajstić information content (AvgIpc) is 3.27. The van der Waals surface area contributed by atoms with Crippen LogP contribution in [-0.4, -0.2) is 59.2 Å². The van der Waals surface area contributed by atoms with Gasteiger partial charge in [0.2, 0.25) is 5.95 Å². The van der Waals surface area contributed by atoms with Crippen LogP contribution in [0.4, 0.5) is 5.95 Å². The number of pyridine rings is 1. The molecule has 6 nitrogen and oxygen atoms in total. The van der Waals surface area contributed by atoms with E-state index < -0.39 is 0 Å². The van der Waals surface area contributed by atoms with Crippen molar-refractivity contribution in [3.8, 4) is 22.4 Å². The number of hydrogen-bond acceptors (Lipinski definition) is 7. The van der Waals surface area contributed by atoms with E-state index >= 15 is 0 Å². The third-order valence-electron chi connectivity index (χ3n) is 4.59. The van der Waals surface area contributed by atoms with Crippen LogP contribution in [-0.2, 0) is 4.74 Å². The molecule has 1 fully saturated rings. The number of nitrogens with zero attached hydrogens (tertiary/aromatic N) is 4. The number of nitrogens with one attached hydrogen (secondary N) is 1. The standard InChI is InChI=1S/C20H23N5OS/c1-3-16(13-21-5-1)19-18(17-4-12-27-15-17)14-23-20(24-19)22-6-2-7-25-8-10-26-11-9-25/h1,3-5,12-15H,2,6-11H2,(H,22,23,24). The van der Waals surface area contributed by atoms with E-state index in [9.17, 15) is 0 Å². The zero-order chi connectivity index (χ0) is 18.3. The molecule has 140 valence electrons. The molecule has 3 aromatic rings. The predicted molar refractivity (Wildman–Crippen MR) is 109 cm³/mol. The van der Waals surface area contributed by atoms with Crippen molar-refractivity contribution in [1.82, 2.24) is 19.9 Å². The van der Waals surface area contributed by atoms with E-state index in [1.807, 2.05) is 24.5 Å². The monoisotopic (exact) mass is 381 g/mol. The summed E-state index contributed by atoms with van der Waals surface area (Å²) in [6.45, 7) is 5.65. The molecule has 0 spiro atoms. The van der Waals surface area contributed by atoms with Crippen LogP contribution in [0.2, 0.25) is 0 Å². The van der Waals surface area contributed by atoms with Gasteiger partial charge < -0.3 is 10.1 Å². The van der Waals surface area contributed by atoms with Crippen LogP contribution in [0.1, 0.15) is 6.42 Å². The fourth-order valence-electron chi connectivity index (χ4n) is 3.15. The summed E-state index contributed by atoms with van der Waals surface area (Å²) >= 11 is 1.67. The lowest BCUT2D eigenvalue weighted by molar-refractivity contribution is 0.0378. The van der Waals surface area contributed by atoms with Gasteiger partial charge in [0.15, 0.2) is 0 Å². The lowest BCUT2D eigenvalue weighted by Gasteiger charge is -2.26. The number of aromatic nitrogens is 3. The van der Waals surface area contributed by atoms with Gasteiger partial charge in [0, 0.05) is 49.4 Å². The Morgan fingerprint density at radius 3 is 2.85 bits per heavy atom. The molecular weight excluding hydrogens is 358 g/mol. The van der Waals surface area contributed by atoms with Crippen LogP contribution < -0.4 is 5.32 Å². The molecule has 1 saturated heterocycles. The van der Waals surface area contributed by atoms with Gasteiger partial charge in [-0.05, 0) is 47.5 Å². The van der Waals surface area contributed by atoms with Crippen LogP contribution in [0.5, 0.6) is 0 Å². The Bertz CT molecular complexity index is 835. The maximum Gasteiger partial charge on any atom is 0.223 e. The van der Waals surface area contributed by atoms with E-state index in [1.165, 1.54) is 0 Å². The smallest absolute Gasteiger partial charge is 0.223 e. The minimum atomic E-state index is 0.662. The summed E-state index contributed by atoms with van der Waals surface area (Å²) in [6.07, 6.45) is 6.58. The molecule has 0 saturated carbocycles. The number of ether oxygens (including phenoxy) is 1. The Kier molecular flexibility index (Phi) is 6.03. The van der Waals surface area contributed by atoms with Crippen molar-refractivity contribution in [2.45, 2.75) is 6.42 Å². The predicted octanol–water partition coefficient (Wildman–Crippen LogP) is 3.40. The second-order valence-corrected chi connectivity index (χ2v) is 7.22. The third-order valence-corrected chi connectivity index (χ3v) is 5.28. The van der Waals surface area contributed by atoms with Crippen LogP contribution in [0.15, 0.2) is 47.5 Å². The second-order valence-electron chi connectivity index (χ2n) is 6.44. The highest BCUT2D eigenvalue weighted by molar-refractivity contribution is 7.08. The minimum Gasteiger partial charge on any atom is -0.379 e. The molecule has 1 aliphatic rings. The number of thiophene rings is 1. The molecule has 7 heteroatoms. The van der Waals surface area contributed by atoms with E-state index in [2.05, 4.69) is 37.0 Å². The van der Waals surface area contributed by atoms with Gasteiger partial charge >= 0.3 is 0 Å². The molecule has 1 N–H and O–H groups in total. The Hall–Kier alpha value is -2.35. The Morgan fingerprint density at radius 2 is 2.07 bits per heavy atom. The molecular formula is C20H23N5OS. The van der Waals surface area contributed by atoms with Gasteiger partial charge in [0.05, 0.1) is 18.9 Å². The first-order chi connectivity index (χ1) is 13.4. The van der Waals surface area contributed by atoms with Crippen molar-refractivity contribution in [1.29, 1.82) is 0 Å². The van der Waals surface area contributed by atoms with Crippen LogP contribution in [0.25, 0.3) is 22.4 Å². The van der Waals surface area contributed by atoms with E-state index in [0.717, 1.165) is 68.2 Å². The summed E-state index contributed by atoms with van der Waals surface area (Å²) in [5.74, 6) is 0.662. The molecule has 0 unspecified atom stereocenters. The Labute approximate surface area is 163 Å². The molecule has 0 radical (unpaired) electrons. The summed E-state index contributed by atoms with van der Waals surface area (Å²) in [4.78, 5) is 16.0. The number of anilines is 1. The zero-order valence-corrected chi connectivity index (χ0v) is 16.0. The van der Waals surface area contributed by atoms with Crippen molar-refractivity contribution in [3.05, 3.63) is 47.5 Å². The maximum absolute atomic E-state index is 5.39.